The second-order valence-corrected chi connectivity index (χ2v) is 10.1. The van der Waals surface area contributed by atoms with Crippen molar-refractivity contribution in [3.8, 4) is 0 Å². The number of hydrogen-bond donors (Lipinski definition) is 0. The summed E-state index contributed by atoms with van der Waals surface area (Å²) in [6.45, 7) is 19.2. The molecule has 0 aromatic carbocycles. The van der Waals surface area contributed by atoms with Gasteiger partial charge in [-0.1, -0.05) is 145 Å². The molecule has 0 radical (unpaired) electrons. The summed E-state index contributed by atoms with van der Waals surface area (Å²) in [7, 11) is 0. The fraction of sp³-hybridized carbons (Fsp3) is 0.938. The number of ether oxygens (including phenoxy) is 1. The van der Waals surface area contributed by atoms with Gasteiger partial charge in [0, 0.05) is 12.8 Å². The van der Waals surface area contributed by atoms with E-state index in [9.17, 15) is 9.59 Å². The summed E-state index contributed by atoms with van der Waals surface area (Å²) in [6, 6.07) is 0. The van der Waals surface area contributed by atoms with Crippen molar-refractivity contribution in [3.63, 3.8) is 0 Å². The van der Waals surface area contributed by atoms with E-state index < -0.39 is 0 Å². The molecule has 1 atom stereocenters. The first-order valence-corrected chi connectivity index (χ1v) is 15.5. The molecule has 0 fully saturated rings. The zero-order valence-corrected chi connectivity index (χ0v) is 25.9. The lowest BCUT2D eigenvalue weighted by Gasteiger charge is -2.11. The van der Waals surface area contributed by atoms with Crippen molar-refractivity contribution >= 4 is 11.8 Å². The Morgan fingerprint density at radius 2 is 0.857 bits per heavy atom. The predicted octanol–water partition coefficient (Wildman–Crippen LogP) is 11.3. The number of hydrogen-bond acceptors (Lipinski definition) is 3. The van der Waals surface area contributed by atoms with E-state index in [-0.39, 0.29) is 5.97 Å². The van der Waals surface area contributed by atoms with Crippen LogP contribution in [-0.2, 0) is 14.3 Å². The van der Waals surface area contributed by atoms with Crippen LogP contribution in [0.15, 0.2) is 0 Å². The SMILES string of the molecule is CCC.CCC.CCC.CCOC(=O)CCCCCCCCC(C)CCCCCCCCC(C)=O. The van der Waals surface area contributed by atoms with Crippen molar-refractivity contribution < 1.29 is 14.3 Å². The van der Waals surface area contributed by atoms with Gasteiger partial charge < -0.3 is 9.53 Å². The molecule has 3 nitrogen and oxygen atoms in total. The van der Waals surface area contributed by atoms with E-state index in [0.717, 1.165) is 31.6 Å². The maximum atomic E-state index is 11.2. The molecular weight excluding hydrogens is 432 g/mol. The van der Waals surface area contributed by atoms with E-state index in [4.69, 9.17) is 4.74 Å². The van der Waals surface area contributed by atoms with Crippen LogP contribution in [0.1, 0.15) is 184 Å². The normalized spacial score (nSPS) is 10.5. The molecule has 0 amide bonds. The van der Waals surface area contributed by atoms with Gasteiger partial charge in [-0.2, -0.15) is 0 Å². The average Bonchev–Trinajstić information content (AvgIpc) is 2.79. The van der Waals surface area contributed by atoms with E-state index in [1.165, 1.54) is 89.9 Å². The fourth-order valence-electron chi connectivity index (χ4n) is 3.42. The molecule has 0 heterocycles. The van der Waals surface area contributed by atoms with E-state index in [0.29, 0.717) is 18.8 Å². The van der Waals surface area contributed by atoms with Crippen LogP contribution in [0.3, 0.4) is 0 Å². The van der Waals surface area contributed by atoms with Gasteiger partial charge in [0.25, 0.3) is 0 Å². The molecular formula is C32H68O3. The summed E-state index contributed by atoms with van der Waals surface area (Å²) in [5.41, 5.74) is 0. The first-order valence-electron chi connectivity index (χ1n) is 15.5. The molecule has 0 saturated heterocycles. The molecule has 0 aromatic rings. The summed E-state index contributed by atoms with van der Waals surface area (Å²) in [5, 5.41) is 0. The Kier molecular flexibility index (Phi) is 47.5. The van der Waals surface area contributed by atoms with E-state index >= 15 is 0 Å². The zero-order chi connectivity index (χ0) is 27.6. The van der Waals surface area contributed by atoms with Crippen molar-refractivity contribution in [2.24, 2.45) is 5.92 Å². The minimum absolute atomic E-state index is 0.0441. The third-order valence-corrected chi connectivity index (χ3v) is 5.11. The summed E-state index contributed by atoms with van der Waals surface area (Å²) in [4.78, 5) is 22.1. The van der Waals surface area contributed by atoms with Gasteiger partial charge >= 0.3 is 5.97 Å². The minimum atomic E-state index is -0.0441. The van der Waals surface area contributed by atoms with Crippen molar-refractivity contribution in [1.82, 2.24) is 0 Å². The van der Waals surface area contributed by atoms with Gasteiger partial charge in [-0.15, -0.1) is 0 Å². The highest BCUT2D eigenvalue weighted by atomic mass is 16.5. The van der Waals surface area contributed by atoms with Gasteiger partial charge in [0.05, 0.1) is 6.61 Å². The monoisotopic (exact) mass is 501 g/mol. The fourth-order valence-corrected chi connectivity index (χ4v) is 3.42. The number of carbonyl (C=O) groups excluding carboxylic acids is 2. The lowest BCUT2D eigenvalue weighted by atomic mass is 9.96. The number of rotatable bonds is 19. The molecule has 0 aromatic heterocycles. The van der Waals surface area contributed by atoms with Gasteiger partial charge in [-0.25, -0.2) is 0 Å². The largest absolute Gasteiger partial charge is 0.466 e. The molecule has 35 heavy (non-hydrogen) atoms. The average molecular weight is 501 g/mol. The molecule has 0 rings (SSSR count). The molecule has 0 aliphatic carbocycles. The Labute approximate surface area is 223 Å². The van der Waals surface area contributed by atoms with Crippen LogP contribution in [0.4, 0.5) is 0 Å². The van der Waals surface area contributed by atoms with Crippen LogP contribution >= 0.6 is 0 Å². The molecule has 0 saturated carbocycles. The first kappa shape index (κ1) is 41.3. The van der Waals surface area contributed by atoms with E-state index in [1.54, 1.807) is 6.92 Å². The number of unbranched alkanes of at least 4 members (excludes halogenated alkanes) is 10. The second kappa shape index (κ2) is 40.3. The Balaban J connectivity index is -0.000000460. The van der Waals surface area contributed by atoms with Gasteiger partial charge in [-0.3, -0.25) is 4.79 Å². The summed E-state index contributed by atoms with van der Waals surface area (Å²) in [6.07, 6.45) is 22.8. The Morgan fingerprint density at radius 1 is 0.543 bits per heavy atom. The Bertz CT molecular complexity index is 374. The lowest BCUT2D eigenvalue weighted by molar-refractivity contribution is -0.143. The highest BCUT2D eigenvalue weighted by Crippen LogP contribution is 2.18. The standard InChI is InChI=1S/C23H44O3.3C3H8/c1-4-26-23(25)20-16-12-8-6-10-14-18-21(2)17-13-9-5-7-11-15-19-22(3)24;3*1-3-2/h21H,4-20H2,1-3H3;3*3H2,1-2H3. The maximum absolute atomic E-state index is 11.2. The van der Waals surface area contributed by atoms with Crippen LogP contribution in [0.2, 0.25) is 0 Å². The maximum Gasteiger partial charge on any atom is 0.305 e. The van der Waals surface area contributed by atoms with Crippen molar-refractivity contribution in [2.75, 3.05) is 6.61 Å². The molecule has 0 aliphatic heterocycles. The molecule has 0 spiro atoms. The van der Waals surface area contributed by atoms with Crippen LogP contribution in [0, 0.1) is 5.92 Å². The zero-order valence-electron chi connectivity index (χ0n) is 25.9. The quantitative estimate of drug-likeness (QED) is 0.131. The number of Topliss-reactive ketones (excluding diaryl/α,β-unsaturated/α-hetero) is 1. The molecule has 0 bridgehead atoms. The Morgan fingerprint density at radius 3 is 1.20 bits per heavy atom. The van der Waals surface area contributed by atoms with Crippen molar-refractivity contribution in [1.29, 1.82) is 0 Å². The highest BCUT2D eigenvalue weighted by Gasteiger charge is 2.03. The number of ketones is 1. The predicted molar refractivity (Wildman–Crippen MR) is 158 cm³/mol. The van der Waals surface area contributed by atoms with Crippen LogP contribution in [-0.4, -0.2) is 18.4 Å². The van der Waals surface area contributed by atoms with Gasteiger partial charge in [0.15, 0.2) is 0 Å². The van der Waals surface area contributed by atoms with Gasteiger partial charge in [-0.05, 0) is 32.6 Å². The van der Waals surface area contributed by atoms with Crippen LogP contribution < -0.4 is 0 Å². The summed E-state index contributed by atoms with van der Waals surface area (Å²) in [5.74, 6) is 1.14. The van der Waals surface area contributed by atoms with Crippen molar-refractivity contribution in [2.45, 2.75) is 184 Å². The topological polar surface area (TPSA) is 43.4 Å². The molecule has 0 N–H and O–H groups in total. The van der Waals surface area contributed by atoms with Crippen molar-refractivity contribution in [3.05, 3.63) is 0 Å². The summed E-state index contributed by atoms with van der Waals surface area (Å²) >= 11 is 0. The van der Waals surface area contributed by atoms with Gasteiger partial charge in [0.1, 0.15) is 5.78 Å². The van der Waals surface area contributed by atoms with Crippen LogP contribution in [0.25, 0.3) is 0 Å². The molecule has 214 valence electrons. The van der Waals surface area contributed by atoms with E-state index in [1.807, 2.05) is 6.92 Å². The molecule has 0 aliphatic rings. The second-order valence-electron chi connectivity index (χ2n) is 10.1. The minimum Gasteiger partial charge on any atom is -0.466 e. The highest BCUT2D eigenvalue weighted by molar-refractivity contribution is 5.75. The van der Waals surface area contributed by atoms with Gasteiger partial charge in [0.2, 0.25) is 0 Å². The lowest BCUT2D eigenvalue weighted by Crippen LogP contribution is -2.03. The molecule has 1 unspecified atom stereocenters. The Hall–Kier alpha value is -0.860. The third-order valence-electron chi connectivity index (χ3n) is 5.11. The van der Waals surface area contributed by atoms with Crippen LogP contribution in [0.5, 0.6) is 0 Å². The number of esters is 1. The summed E-state index contributed by atoms with van der Waals surface area (Å²) < 4.78 is 4.94. The van der Waals surface area contributed by atoms with E-state index in [2.05, 4.69) is 48.5 Å². The molecule has 3 heteroatoms. The third kappa shape index (κ3) is 55.1. The first-order chi connectivity index (χ1) is 16.8. The smallest absolute Gasteiger partial charge is 0.305 e. The number of carbonyl (C=O) groups is 2.